The molecule has 0 saturated heterocycles. The number of hydrogen-bond acceptors (Lipinski definition) is 2. The van der Waals surface area contributed by atoms with E-state index in [1.54, 1.807) is 18.2 Å². The number of carboxylic acid groups (broad SMARTS) is 1. The van der Waals surface area contributed by atoms with Gasteiger partial charge in [-0.3, -0.25) is 0 Å². The van der Waals surface area contributed by atoms with Crippen LogP contribution in [0.15, 0.2) is 54.6 Å². The van der Waals surface area contributed by atoms with Crippen molar-refractivity contribution >= 4 is 18.3 Å². The maximum atomic E-state index is 10.4. The highest BCUT2D eigenvalue weighted by Gasteiger charge is 1.99. The quantitative estimate of drug-likeness (QED) is 0.502. The number of carbonyl (C=O) groups is 1. The maximum absolute atomic E-state index is 10.4. The zero-order chi connectivity index (χ0) is 12.8. The summed E-state index contributed by atoms with van der Waals surface area (Å²) in [5, 5.41) is 8.53. The van der Waals surface area contributed by atoms with Gasteiger partial charge in [0.05, 0.1) is 0 Å². The molecule has 0 aliphatic rings. The van der Waals surface area contributed by atoms with Crippen LogP contribution in [0.5, 0.6) is 5.75 Å². The monoisotopic (exact) mass is 240 g/mol. The van der Waals surface area contributed by atoms with Crippen molar-refractivity contribution in [1.29, 1.82) is 0 Å². The van der Waals surface area contributed by atoms with Gasteiger partial charge in [-0.2, -0.15) is 0 Å². The van der Waals surface area contributed by atoms with Crippen LogP contribution in [0, 0.1) is 0 Å². The predicted octanol–water partition coefficient (Wildman–Crippen LogP) is 3.91. The summed E-state index contributed by atoms with van der Waals surface area (Å²) in [5.41, 5.74) is 1.97. The smallest absolute Gasteiger partial charge is 0.449 e. The van der Waals surface area contributed by atoms with E-state index >= 15 is 0 Å². The lowest BCUT2D eigenvalue weighted by atomic mass is 10.1. The molecule has 0 radical (unpaired) electrons. The molecule has 0 saturated carbocycles. The predicted molar refractivity (Wildman–Crippen MR) is 70.5 cm³/mol. The molecule has 0 heterocycles. The van der Waals surface area contributed by atoms with E-state index in [0.29, 0.717) is 5.75 Å². The average Bonchev–Trinajstić information content (AvgIpc) is 2.37. The van der Waals surface area contributed by atoms with Crippen molar-refractivity contribution in [2.75, 3.05) is 0 Å². The summed E-state index contributed by atoms with van der Waals surface area (Å²) < 4.78 is 4.59. The molecule has 18 heavy (non-hydrogen) atoms. The Hall–Kier alpha value is -2.55. The Kier molecular flexibility index (Phi) is 3.76. The molecule has 2 rings (SSSR count). The fraction of sp³-hybridized carbons (Fsp3) is 0. The second kappa shape index (κ2) is 5.68. The minimum absolute atomic E-state index is 0.317. The Morgan fingerprint density at radius 3 is 2.33 bits per heavy atom. The van der Waals surface area contributed by atoms with Crippen molar-refractivity contribution in [2.45, 2.75) is 0 Å². The third-order valence-corrected chi connectivity index (χ3v) is 2.33. The molecular weight excluding hydrogens is 228 g/mol. The molecule has 0 bridgehead atoms. The molecule has 0 amide bonds. The van der Waals surface area contributed by atoms with Gasteiger partial charge in [-0.1, -0.05) is 54.6 Å². The fourth-order valence-electron chi connectivity index (χ4n) is 1.54. The molecule has 0 atom stereocenters. The van der Waals surface area contributed by atoms with Gasteiger partial charge in [0.25, 0.3) is 0 Å². The largest absolute Gasteiger partial charge is 0.511 e. The van der Waals surface area contributed by atoms with E-state index in [1.807, 2.05) is 48.6 Å². The molecule has 0 spiro atoms. The summed E-state index contributed by atoms with van der Waals surface area (Å²) in [7, 11) is 0. The van der Waals surface area contributed by atoms with Gasteiger partial charge in [0.1, 0.15) is 5.75 Å². The van der Waals surface area contributed by atoms with E-state index in [-0.39, 0.29) is 0 Å². The van der Waals surface area contributed by atoms with Gasteiger partial charge < -0.3 is 9.84 Å². The molecule has 0 aliphatic heterocycles. The van der Waals surface area contributed by atoms with E-state index < -0.39 is 6.16 Å². The lowest BCUT2D eigenvalue weighted by molar-refractivity contribution is 0.144. The Morgan fingerprint density at radius 2 is 1.61 bits per heavy atom. The van der Waals surface area contributed by atoms with Crippen molar-refractivity contribution in [1.82, 2.24) is 0 Å². The molecule has 1 N–H and O–H groups in total. The summed E-state index contributed by atoms with van der Waals surface area (Å²) in [5.74, 6) is 0.317. The second-order valence-corrected chi connectivity index (χ2v) is 3.68. The van der Waals surface area contributed by atoms with Crippen LogP contribution in [0.1, 0.15) is 11.1 Å². The van der Waals surface area contributed by atoms with Crippen molar-refractivity contribution in [3.63, 3.8) is 0 Å². The first kappa shape index (κ1) is 11.9. The van der Waals surface area contributed by atoms with Crippen LogP contribution < -0.4 is 4.74 Å². The van der Waals surface area contributed by atoms with Crippen LogP contribution in [0.3, 0.4) is 0 Å². The van der Waals surface area contributed by atoms with Gasteiger partial charge in [-0.15, -0.1) is 0 Å². The van der Waals surface area contributed by atoms with Gasteiger partial charge in [-0.05, 0) is 23.3 Å². The second-order valence-electron chi connectivity index (χ2n) is 3.68. The van der Waals surface area contributed by atoms with Gasteiger partial charge >= 0.3 is 6.16 Å². The van der Waals surface area contributed by atoms with Gasteiger partial charge in [0, 0.05) is 0 Å². The summed E-state index contributed by atoms with van der Waals surface area (Å²) in [6.07, 6.45) is 2.56. The number of rotatable bonds is 3. The van der Waals surface area contributed by atoms with Crippen LogP contribution in [0.25, 0.3) is 12.2 Å². The van der Waals surface area contributed by atoms with Crippen molar-refractivity contribution in [2.24, 2.45) is 0 Å². The van der Waals surface area contributed by atoms with E-state index in [2.05, 4.69) is 4.74 Å². The standard InChI is InChI=1S/C15H12O3/c16-15(17)18-14-8-4-7-13(11-14)10-9-12-5-2-1-3-6-12/h1-11H,(H,16,17). The zero-order valence-corrected chi connectivity index (χ0v) is 9.61. The Bertz CT molecular complexity index is 559. The van der Waals surface area contributed by atoms with Gasteiger partial charge in [0.2, 0.25) is 0 Å². The third kappa shape index (κ3) is 3.49. The van der Waals surface area contributed by atoms with Gasteiger partial charge in [-0.25, -0.2) is 4.79 Å². The summed E-state index contributed by atoms with van der Waals surface area (Å²) >= 11 is 0. The highest BCUT2D eigenvalue weighted by Crippen LogP contribution is 2.15. The van der Waals surface area contributed by atoms with Crippen molar-refractivity contribution < 1.29 is 14.6 Å². The van der Waals surface area contributed by atoms with Crippen LogP contribution in [-0.4, -0.2) is 11.3 Å². The van der Waals surface area contributed by atoms with Crippen LogP contribution in [0.4, 0.5) is 4.79 Å². The normalized spacial score (nSPS) is 10.4. The first-order chi connectivity index (χ1) is 8.74. The van der Waals surface area contributed by atoms with Crippen LogP contribution in [0.2, 0.25) is 0 Å². The Labute approximate surface area is 105 Å². The Morgan fingerprint density at radius 1 is 0.944 bits per heavy atom. The molecule has 0 fully saturated rings. The Balaban J connectivity index is 2.14. The molecular formula is C15H12O3. The number of benzene rings is 2. The average molecular weight is 240 g/mol. The van der Waals surface area contributed by atoms with E-state index in [4.69, 9.17) is 5.11 Å². The summed E-state index contributed by atoms with van der Waals surface area (Å²) in [4.78, 5) is 10.4. The summed E-state index contributed by atoms with van der Waals surface area (Å²) in [6, 6.07) is 16.8. The first-order valence-electron chi connectivity index (χ1n) is 5.48. The highest BCUT2D eigenvalue weighted by molar-refractivity contribution is 5.70. The molecule has 3 heteroatoms. The number of hydrogen-bond donors (Lipinski definition) is 1. The van der Waals surface area contributed by atoms with Crippen molar-refractivity contribution in [3.8, 4) is 5.75 Å². The fourth-order valence-corrected chi connectivity index (χ4v) is 1.54. The lowest BCUT2D eigenvalue weighted by Gasteiger charge is -2.00. The maximum Gasteiger partial charge on any atom is 0.511 e. The van der Waals surface area contributed by atoms with E-state index in [1.165, 1.54) is 0 Å². The topological polar surface area (TPSA) is 46.5 Å². The van der Waals surface area contributed by atoms with E-state index in [0.717, 1.165) is 11.1 Å². The third-order valence-electron chi connectivity index (χ3n) is 2.33. The highest BCUT2D eigenvalue weighted by atomic mass is 16.7. The van der Waals surface area contributed by atoms with Gasteiger partial charge in [0.15, 0.2) is 0 Å². The molecule has 3 nitrogen and oxygen atoms in total. The minimum Gasteiger partial charge on any atom is -0.449 e. The molecule has 90 valence electrons. The minimum atomic E-state index is -1.31. The lowest BCUT2D eigenvalue weighted by Crippen LogP contribution is -2.02. The van der Waals surface area contributed by atoms with Crippen LogP contribution >= 0.6 is 0 Å². The molecule has 0 aromatic heterocycles. The zero-order valence-electron chi connectivity index (χ0n) is 9.61. The van der Waals surface area contributed by atoms with Crippen molar-refractivity contribution in [3.05, 3.63) is 65.7 Å². The SMILES string of the molecule is O=C(O)Oc1cccc(C=Cc2ccccc2)c1. The molecule has 2 aromatic carbocycles. The van der Waals surface area contributed by atoms with Crippen LogP contribution in [-0.2, 0) is 0 Å². The molecule has 0 unspecified atom stereocenters. The number of ether oxygens (including phenoxy) is 1. The first-order valence-corrected chi connectivity index (χ1v) is 5.48. The summed E-state index contributed by atoms with van der Waals surface area (Å²) in [6.45, 7) is 0. The molecule has 2 aromatic rings. The molecule has 0 aliphatic carbocycles. The van der Waals surface area contributed by atoms with E-state index in [9.17, 15) is 4.79 Å².